The Morgan fingerprint density at radius 1 is 1.30 bits per heavy atom. The van der Waals surface area contributed by atoms with E-state index < -0.39 is 6.10 Å². The number of hydrogen-bond acceptors (Lipinski definition) is 3. The fourth-order valence-corrected chi connectivity index (χ4v) is 2.33. The Labute approximate surface area is 141 Å². The quantitative estimate of drug-likeness (QED) is 0.765. The van der Waals surface area contributed by atoms with E-state index in [0.717, 1.165) is 4.47 Å². The van der Waals surface area contributed by atoms with Crippen LogP contribution in [0.3, 0.4) is 0 Å². The summed E-state index contributed by atoms with van der Waals surface area (Å²) in [6.45, 7) is 1.80. The SMILES string of the molecule is CCC(Oc1ccc(Br)cc1C=O)C(=O)Nc1ccc(F)cc1. The highest BCUT2D eigenvalue weighted by molar-refractivity contribution is 9.10. The minimum atomic E-state index is -0.764. The fraction of sp³-hybridized carbons (Fsp3) is 0.176. The standard InChI is InChI=1S/C17H15BrFNO3/c1-2-15(17(22)20-14-6-4-13(19)5-7-14)23-16-8-3-12(18)9-11(16)10-21/h3-10,15H,2H2,1H3,(H,20,22). The van der Waals surface area contributed by atoms with Crippen LogP contribution in [0.1, 0.15) is 23.7 Å². The zero-order valence-electron chi connectivity index (χ0n) is 12.4. The van der Waals surface area contributed by atoms with Gasteiger partial charge >= 0.3 is 0 Å². The lowest BCUT2D eigenvalue weighted by Gasteiger charge is -2.18. The molecular weight excluding hydrogens is 365 g/mol. The van der Waals surface area contributed by atoms with Crippen LogP contribution in [0, 0.1) is 5.82 Å². The van der Waals surface area contributed by atoms with E-state index in [9.17, 15) is 14.0 Å². The van der Waals surface area contributed by atoms with Gasteiger partial charge in [0.25, 0.3) is 5.91 Å². The van der Waals surface area contributed by atoms with Gasteiger partial charge in [-0.15, -0.1) is 0 Å². The van der Waals surface area contributed by atoms with E-state index in [0.29, 0.717) is 29.7 Å². The summed E-state index contributed by atoms with van der Waals surface area (Å²) in [5.74, 6) is -0.403. The molecule has 0 saturated heterocycles. The molecule has 0 aliphatic heterocycles. The number of amides is 1. The van der Waals surface area contributed by atoms with Gasteiger partial charge in [0.15, 0.2) is 12.4 Å². The Morgan fingerprint density at radius 2 is 2.00 bits per heavy atom. The van der Waals surface area contributed by atoms with E-state index in [1.165, 1.54) is 24.3 Å². The van der Waals surface area contributed by atoms with Crippen molar-refractivity contribution in [3.8, 4) is 5.75 Å². The number of nitrogens with one attached hydrogen (secondary N) is 1. The molecule has 2 aromatic carbocycles. The molecule has 2 rings (SSSR count). The Hall–Kier alpha value is -2.21. The molecule has 120 valence electrons. The lowest BCUT2D eigenvalue weighted by molar-refractivity contribution is -0.122. The molecule has 1 N–H and O–H groups in total. The van der Waals surface area contributed by atoms with E-state index in [4.69, 9.17) is 4.74 Å². The summed E-state index contributed by atoms with van der Waals surface area (Å²) < 4.78 is 19.3. The molecule has 4 nitrogen and oxygen atoms in total. The van der Waals surface area contributed by atoms with Gasteiger partial charge in [-0.1, -0.05) is 22.9 Å². The number of ether oxygens (including phenoxy) is 1. The third-order valence-corrected chi connectivity index (χ3v) is 3.64. The van der Waals surface area contributed by atoms with Gasteiger partial charge in [0, 0.05) is 10.2 Å². The molecule has 1 amide bonds. The predicted octanol–water partition coefficient (Wildman–Crippen LogP) is 4.20. The normalized spacial score (nSPS) is 11.6. The van der Waals surface area contributed by atoms with E-state index in [-0.39, 0.29) is 11.7 Å². The van der Waals surface area contributed by atoms with Crippen molar-refractivity contribution in [3.63, 3.8) is 0 Å². The summed E-state index contributed by atoms with van der Waals surface area (Å²) in [5.41, 5.74) is 0.831. The van der Waals surface area contributed by atoms with E-state index in [1.54, 1.807) is 25.1 Å². The Balaban J connectivity index is 2.11. The molecule has 1 atom stereocenters. The van der Waals surface area contributed by atoms with Gasteiger partial charge in [-0.2, -0.15) is 0 Å². The van der Waals surface area contributed by atoms with Crippen molar-refractivity contribution >= 4 is 33.8 Å². The van der Waals surface area contributed by atoms with Crippen LogP contribution < -0.4 is 10.1 Å². The summed E-state index contributed by atoms with van der Waals surface area (Å²) in [7, 11) is 0. The maximum absolute atomic E-state index is 12.9. The van der Waals surface area contributed by atoms with Crippen molar-refractivity contribution in [2.45, 2.75) is 19.4 Å². The van der Waals surface area contributed by atoms with Crippen LogP contribution >= 0.6 is 15.9 Å². The van der Waals surface area contributed by atoms with Gasteiger partial charge in [-0.3, -0.25) is 9.59 Å². The summed E-state index contributed by atoms with van der Waals surface area (Å²) in [6.07, 6.45) is 0.325. The molecular formula is C17H15BrFNO3. The highest BCUT2D eigenvalue weighted by Gasteiger charge is 2.20. The summed E-state index contributed by atoms with van der Waals surface area (Å²) >= 11 is 3.28. The third-order valence-electron chi connectivity index (χ3n) is 3.14. The first-order valence-corrected chi connectivity index (χ1v) is 7.80. The van der Waals surface area contributed by atoms with Crippen LogP contribution in [0.15, 0.2) is 46.9 Å². The van der Waals surface area contributed by atoms with Gasteiger partial charge in [-0.05, 0) is 48.9 Å². The van der Waals surface area contributed by atoms with Gasteiger partial charge in [0.05, 0.1) is 5.56 Å². The van der Waals surface area contributed by atoms with Crippen molar-refractivity contribution in [2.75, 3.05) is 5.32 Å². The maximum Gasteiger partial charge on any atom is 0.265 e. The molecule has 0 radical (unpaired) electrons. The lowest BCUT2D eigenvalue weighted by Crippen LogP contribution is -2.32. The number of hydrogen-bond donors (Lipinski definition) is 1. The highest BCUT2D eigenvalue weighted by atomic mass is 79.9. The molecule has 1 unspecified atom stereocenters. The lowest BCUT2D eigenvalue weighted by atomic mass is 10.2. The Morgan fingerprint density at radius 3 is 2.61 bits per heavy atom. The van der Waals surface area contributed by atoms with Gasteiger partial charge in [-0.25, -0.2) is 4.39 Å². The van der Waals surface area contributed by atoms with Crippen LogP contribution in [0.25, 0.3) is 0 Å². The minimum absolute atomic E-state index is 0.337. The number of carbonyl (C=O) groups is 2. The summed E-state index contributed by atoms with van der Waals surface area (Å²) in [4.78, 5) is 23.4. The molecule has 0 saturated carbocycles. The van der Waals surface area contributed by atoms with Crippen molar-refractivity contribution in [3.05, 3.63) is 58.3 Å². The molecule has 0 aliphatic rings. The van der Waals surface area contributed by atoms with E-state index >= 15 is 0 Å². The number of benzene rings is 2. The zero-order chi connectivity index (χ0) is 16.8. The van der Waals surface area contributed by atoms with Gasteiger partial charge in [0.2, 0.25) is 0 Å². The van der Waals surface area contributed by atoms with Crippen molar-refractivity contribution in [1.29, 1.82) is 0 Å². The highest BCUT2D eigenvalue weighted by Crippen LogP contribution is 2.23. The zero-order valence-corrected chi connectivity index (χ0v) is 14.0. The predicted molar refractivity (Wildman–Crippen MR) is 89.3 cm³/mol. The second-order valence-electron chi connectivity index (χ2n) is 4.81. The Kier molecular flexibility index (Phi) is 5.87. The molecule has 0 fully saturated rings. The van der Waals surface area contributed by atoms with Crippen molar-refractivity contribution in [1.82, 2.24) is 0 Å². The number of rotatable bonds is 6. The average Bonchev–Trinajstić information content (AvgIpc) is 2.55. The largest absolute Gasteiger partial charge is 0.480 e. The number of carbonyl (C=O) groups excluding carboxylic acids is 2. The van der Waals surface area contributed by atoms with Crippen LogP contribution in [-0.4, -0.2) is 18.3 Å². The Bertz CT molecular complexity index is 703. The number of aldehydes is 1. The molecule has 0 heterocycles. The molecule has 0 spiro atoms. The molecule has 0 bridgehead atoms. The summed E-state index contributed by atoms with van der Waals surface area (Å²) in [5, 5.41) is 2.66. The molecule has 6 heteroatoms. The fourth-order valence-electron chi connectivity index (χ4n) is 1.95. The van der Waals surface area contributed by atoms with Crippen LogP contribution in [0.2, 0.25) is 0 Å². The second-order valence-corrected chi connectivity index (χ2v) is 5.73. The molecule has 2 aromatic rings. The molecule has 0 aliphatic carbocycles. The first kappa shape index (κ1) is 17.1. The average molecular weight is 380 g/mol. The first-order chi connectivity index (χ1) is 11.0. The van der Waals surface area contributed by atoms with Crippen molar-refractivity contribution in [2.24, 2.45) is 0 Å². The smallest absolute Gasteiger partial charge is 0.265 e. The van der Waals surface area contributed by atoms with Crippen LogP contribution in [-0.2, 0) is 4.79 Å². The van der Waals surface area contributed by atoms with E-state index in [1.807, 2.05) is 0 Å². The molecule has 0 aromatic heterocycles. The number of halogens is 2. The van der Waals surface area contributed by atoms with Crippen LogP contribution in [0.4, 0.5) is 10.1 Å². The third kappa shape index (κ3) is 4.63. The molecule has 23 heavy (non-hydrogen) atoms. The maximum atomic E-state index is 12.9. The second kappa shape index (κ2) is 7.87. The first-order valence-electron chi connectivity index (χ1n) is 7.01. The van der Waals surface area contributed by atoms with E-state index in [2.05, 4.69) is 21.2 Å². The monoisotopic (exact) mass is 379 g/mol. The van der Waals surface area contributed by atoms with Crippen molar-refractivity contribution < 1.29 is 18.7 Å². The minimum Gasteiger partial charge on any atom is -0.480 e. The topological polar surface area (TPSA) is 55.4 Å². The summed E-state index contributed by atoms with van der Waals surface area (Å²) in [6, 6.07) is 10.4. The number of anilines is 1. The van der Waals surface area contributed by atoms with Gasteiger partial charge in [0.1, 0.15) is 11.6 Å². The van der Waals surface area contributed by atoms with Gasteiger partial charge < -0.3 is 10.1 Å². The van der Waals surface area contributed by atoms with Crippen LogP contribution in [0.5, 0.6) is 5.75 Å².